The van der Waals surface area contributed by atoms with Crippen LogP contribution in [0.4, 0.5) is 0 Å². The minimum absolute atomic E-state index is 0.119. The Morgan fingerprint density at radius 2 is 1.79 bits per heavy atom. The highest BCUT2D eigenvalue weighted by molar-refractivity contribution is 7.92. The van der Waals surface area contributed by atoms with Gasteiger partial charge in [-0.25, -0.2) is 8.42 Å². The summed E-state index contributed by atoms with van der Waals surface area (Å²) < 4.78 is 23.6. The van der Waals surface area contributed by atoms with Gasteiger partial charge in [0.15, 0.2) is 9.84 Å². The number of hydrogen-bond acceptors (Lipinski definition) is 3. The van der Waals surface area contributed by atoms with Crippen molar-refractivity contribution in [3.05, 3.63) is 0 Å². The van der Waals surface area contributed by atoms with Gasteiger partial charge in [0.25, 0.3) is 0 Å². The maximum absolute atomic E-state index is 11.8. The second-order valence-electron chi connectivity index (χ2n) is 5.00. The molecule has 0 spiro atoms. The van der Waals surface area contributed by atoms with Crippen LogP contribution in [0.2, 0.25) is 0 Å². The molecule has 82 valence electrons. The molecular formula is C10H19NO2S. The first-order valence-corrected chi connectivity index (χ1v) is 7.11. The van der Waals surface area contributed by atoms with Crippen LogP contribution in [0.5, 0.6) is 0 Å². The Labute approximate surface area is 86.2 Å². The third-order valence-electron chi connectivity index (χ3n) is 3.66. The monoisotopic (exact) mass is 217 g/mol. The molecule has 5 unspecified atom stereocenters. The molecule has 2 fully saturated rings. The standard InChI is InChI=1S/C10H19NO2S/c1-6-4-9(6)10-8(3)14(12,13)5-7(2)11-10/h6-11H,4-5H2,1-3H3. The van der Waals surface area contributed by atoms with Gasteiger partial charge in [0.2, 0.25) is 0 Å². The Balaban J connectivity index is 2.17. The van der Waals surface area contributed by atoms with Gasteiger partial charge in [0, 0.05) is 12.1 Å². The van der Waals surface area contributed by atoms with E-state index in [9.17, 15) is 8.42 Å². The second-order valence-corrected chi connectivity index (χ2v) is 7.41. The van der Waals surface area contributed by atoms with Crippen LogP contribution in [0.25, 0.3) is 0 Å². The van der Waals surface area contributed by atoms with Crippen molar-refractivity contribution >= 4 is 9.84 Å². The molecular weight excluding hydrogens is 198 g/mol. The van der Waals surface area contributed by atoms with Gasteiger partial charge in [-0.1, -0.05) is 6.92 Å². The molecule has 1 heterocycles. The van der Waals surface area contributed by atoms with Gasteiger partial charge in [-0.05, 0) is 32.1 Å². The summed E-state index contributed by atoms with van der Waals surface area (Å²) >= 11 is 0. The molecule has 2 rings (SSSR count). The van der Waals surface area contributed by atoms with Gasteiger partial charge in [0.1, 0.15) is 0 Å². The topological polar surface area (TPSA) is 46.2 Å². The lowest BCUT2D eigenvalue weighted by Crippen LogP contribution is -2.56. The first-order valence-electron chi connectivity index (χ1n) is 5.39. The first kappa shape index (κ1) is 10.4. The van der Waals surface area contributed by atoms with Gasteiger partial charge < -0.3 is 5.32 Å². The fourth-order valence-corrected chi connectivity index (χ4v) is 4.38. The van der Waals surface area contributed by atoms with E-state index in [4.69, 9.17) is 0 Å². The molecule has 2 aliphatic rings. The van der Waals surface area contributed by atoms with E-state index in [2.05, 4.69) is 12.2 Å². The quantitative estimate of drug-likeness (QED) is 0.707. The molecule has 0 aromatic heterocycles. The van der Waals surface area contributed by atoms with E-state index in [1.165, 1.54) is 6.42 Å². The first-order chi connectivity index (χ1) is 6.42. The van der Waals surface area contributed by atoms with Crippen molar-refractivity contribution in [2.75, 3.05) is 5.75 Å². The molecule has 0 aromatic carbocycles. The molecule has 0 bridgehead atoms. The average Bonchev–Trinajstić information content (AvgIpc) is 2.74. The minimum atomic E-state index is -2.85. The van der Waals surface area contributed by atoms with Crippen molar-refractivity contribution in [1.29, 1.82) is 0 Å². The van der Waals surface area contributed by atoms with Crippen LogP contribution in [0, 0.1) is 11.8 Å². The second kappa shape index (κ2) is 3.20. The zero-order valence-electron chi connectivity index (χ0n) is 9.03. The van der Waals surface area contributed by atoms with E-state index in [0.29, 0.717) is 17.6 Å². The van der Waals surface area contributed by atoms with Crippen LogP contribution in [-0.4, -0.2) is 31.5 Å². The van der Waals surface area contributed by atoms with Crippen molar-refractivity contribution < 1.29 is 8.42 Å². The summed E-state index contributed by atoms with van der Waals surface area (Å²) in [5.41, 5.74) is 0. The van der Waals surface area contributed by atoms with Crippen molar-refractivity contribution in [2.45, 2.75) is 44.5 Å². The predicted octanol–water partition coefficient (Wildman–Crippen LogP) is 0.806. The molecule has 1 aliphatic carbocycles. The van der Waals surface area contributed by atoms with Crippen molar-refractivity contribution in [2.24, 2.45) is 11.8 Å². The molecule has 3 nitrogen and oxygen atoms in total. The summed E-state index contributed by atoms with van der Waals surface area (Å²) in [5.74, 6) is 1.59. The van der Waals surface area contributed by atoms with Crippen LogP contribution in [0.1, 0.15) is 27.2 Å². The van der Waals surface area contributed by atoms with E-state index in [0.717, 1.165) is 0 Å². The molecule has 5 atom stereocenters. The summed E-state index contributed by atoms with van der Waals surface area (Å²) in [7, 11) is -2.85. The normalized spacial score (nSPS) is 51.5. The Morgan fingerprint density at radius 3 is 2.29 bits per heavy atom. The van der Waals surface area contributed by atoms with Gasteiger partial charge in [-0.15, -0.1) is 0 Å². The summed E-state index contributed by atoms with van der Waals surface area (Å²) in [6.07, 6.45) is 1.18. The maximum Gasteiger partial charge on any atom is 0.155 e. The van der Waals surface area contributed by atoms with Crippen LogP contribution in [0.15, 0.2) is 0 Å². The highest BCUT2D eigenvalue weighted by Crippen LogP contribution is 2.43. The molecule has 4 heteroatoms. The van der Waals surface area contributed by atoms with E-state index in [1.807, 2.05) is 13.8 Å². The molecule has 1 N–H and O–H groups in total. The highest BCUT2D eigenvalue weighted by atomic mass is 32.2. The number of rotatable bonds is 1. The molecule has 1 saturated carbocycles. The summed E-state index contributed by atoms with van der Waals surface area (Å²) in [6.45, 7) is 6.01. The molecule has 1 saturated heterocycles. The van der Waals surface area contributed by atoms with Crippen LogP contribution in [0.3, 0.4) is 0 Å². The molecule has 0 radical (unpaired) electrons. The smallest absolute Gasteiger partial charge is 0.155 e. The molecule has 0 amide bonds. The molecule has 1 aliphatic heterocycles. The largest absolute Gasteiger partial charge is 0.309 e. The molecule has 0 aromatic rings. The summed E-state index contributed by atoms with van der Waals surface area (Å²) in [6, 6.07) is 0.313. The van der Waals surface area contributed by atoms with Crippen LogP contribution >= 0.6 is 0 Å². The predicted molar refractivity (Wildman–Crippen MR) is 56.9 cm³/mol. The molecule has 14 heavy (non-hydrogen) atoms. The van der Waals surface area contributed by atoms with Crippen molar-refractivity contribution in [1.82, 2.24) is 5.32 Å². The Kier molecular flexibility index (Phi) is 2.39. The lowest BCUT2D eigenvalue weighted by atomic mass is 10.1. The van der Waals surface area contributed by atoms with Gasteiger partial charge in [-0.2, -0.15) is 0 Å². The van der Waals surface area contributed by atoms with E-state index in [-0.39, 0.29) is 17.3 Å². The third kappa shape index (κ3) is 1.70. The SMILES string of the molecule is CC1CS(=O)(=O)C(C)C(C2CC2C)N1. The summed E-state index contributed by atoms with van der Waals surface area (Å²) in [4.78, 5) is 0. The van der Waals surface area contributed by atoms with Crippen LogP contribution < -0.4 is 5.32 Å². The van der Waals surface area contributed by atoms with Gasteiger partial charge in [-0.3, -0.25) is 0 Å². The van der Waals surface area contributed by atoms with Crippen molar-refractivity contribution in [3.63, 3.8) is 0 Å². The van der Waals surface area contributed by atoms with Crippen LogP contribution in [-0.2, 0) is 9.84 Å². The summed E-state index contributed by atoms with van der Waals surface area (Å²) in [5, 5.41) is 3.23. The lowest BCUT2D eigenvalue weighted by molar-refractivity contribution is 0.376. The fraction of sp³-hybridized carbons (Fsp3) is 1.00. The zero-order valence-corrected chi connectivity index (χ0v) is 9.84. The third-order valence-corrected chi connectivity index (χ3v) is 6.06. The Bertz CT molecular complexity index is 325. The number of sulfone groups is 1. The Hall–Kier alpha value is -0.0900. The minimum Gasteiger partial charge on any atom is -0.309 e. The zero-order chi connectivity index (χ0) is 10.5. The van der Waals surface area contributed by atoms with Gasteiger partial charge >= 0.3 is 0 Å². The highest BCUT2D eigenvalue weighted by Gasteiger charge is 2.48. The lowest BCUT2D eigenvalue weighted by Gasteiger charge is -2.34. The van der Waals surface area contributed by atoms with Gasteiger partial charge in [0.05, 0.1) is 11.0 Å². The fourth-order valence-electron chi connectivity index (χ4n) is 2.56. The van der Waals surface area contributed by atoms with E-state index in [1.54, 1.807) is 0 Å². The number of hydrogen-bond donors (Lipinski definition) is 1. The Morgan fingerprint density at radius 1 is 1.21 bits per heavy atom. The average molecular weight is 217 g/mol. The van der Waals surface area contributed by atoms with Crippen molar-refractivity contribution in [3.8, 4) is 0 Å². The van der Waals surface area contributed by atoms with E-state index >= 15 is 0 Å². The maximum atomic E-state index is 11.8. The van der Waals surface area contributed by atoms with E-state index < -0.39 is 9.84 Å². The number of nitrogens with one attached hydrogen (secondary N) is 1.